The topological polar surface area (TPSA) is 88.5 Å². The highest BCUT2D eigenvalue weighted by Crippen LogP contribution is 2.37. The Balaban J connectivity index is 1.17. The van der Waals surface area contributed by atoms with E-state index < -0.39 is 10.0 Å². The molecule has 2 aromatic heterocycles. The van der Waals surface area contributed by atoms with Crippen molar-refractivity contribution in [2.75, 3.05) is 37.3 Å². The van der Waals surface area contributed by atoms with Gasteiger partial charge in [-0.2, -0.15) is 0 Å². The molecule has 1 atom stereocenters. The number of hydrogen-bond donors (Lipinski definition) is 0. The van der Waals surface area contributed by atoms with Gasteiger partial charge in [0.1, 0.15) is 11.9 Å². The summed E-state index contributed by atoms with van der Waals surface area (Å²) in [6.45, 7) is 5.17. The molecule has 0 bridgehead atoms. The van der Waals surface area contributed by atoms with Crippen molar-refractivity contribution in [3.63, 3.8) is 0 Å². The van der Waals surface area contributed by atoms with Gasteiger partial charge in [-0.1, -0.05) is 6.92 Å². The lowest BCUT2D eigenvalue weighted by Crippen LogP contribution is -2.40. The van der Waals surface area contributed by atoms with E-state index in [9.17, 15) is 8.42 Å². The quantitative estimate of drug-likeness (QED) is 0.662. The summed E-state index contributed by atoms with van der Waals surface area (Å²) in [5.41, 5.74) is 3.49. The summed E-state index contributed by atoms with van der Waals surface area (Å²) in [5, 5.41) is 0. The molecule has 2 aromatic rings. The van der Waals surface area contributed by atoms with Gasteiger partial charge in [0, 0.05) is 62.2 Å². The van der Waals surface area contributed by atoms with E-state index in [0.717, 1.165) is 69.0 Å². The van der Waals surface area contributed by atoms with Gasteiger partial charge < -0.3 is 9.64 Å². The molecule has 0 radical (unpaired) electrons. The summed E-state index contributed by atoms with van der Waals surface area (Å²) in [6, 6.07) is 2.20. The maximum Gasteiger partial charge on any atom is 0.225 e. The molecule has 8 nitrogen and oxygen atoms in total. The molecule has 33 heavy (non-hydrogen) atoms. The van der Waals surface area contributed by atoms with Gasteiger partial charge in [-0.15, -0.1) is 0 Å². The van der Waals surface area contributed by atoms with Crippen molar-refractivity contribution in [1.82, 2.24) is 19.3 Å². The summed E-state index contributed by atoms with van der Waals surface area (Å²) in [6.07, 6.45) is 12.9. The summed E-state index contributed by atoms with van der Waals surface area (Å²) in [5.74, 6) is 2.58. The highest BCUT2D eigenvalue weighted by molar-refractivity contribution is 7.88. The van der Waals surface area contributed by atoms with Crippen molar-refractivity contribution in [1.29, 1.82) is 0 Å². The first-order valence-electron chi connectivity index (χ1n) is 12.1. The number of hydrogen-bond acceptors (Lipinski definition) is 7. The number of piperidine rings is 2. The van der Waals surface area contributed by atoms with E-state index in [4.69, 9.17) is 4.74 Å². The first-order valence-corrected chi connectivity index (χ1v) is 13.9. The second-order valence-electron chi connectivity index (χ2n) is 9.58. The zero-order valence-corrected chi connectivity index (χ0v) is 20.3. The Kier molecular flexibility index (Phi) is 6.26. The van der Waals surface area contributed by atoms with Crippen molar-refractivity contribution < 1.29 is 13.2 Å². The lowest BCUT2D eigenvalue weighted by Gasteiger charge is -2.34. The predicted octanol–water partition coefficient (Wildman–Crippen LogP) is 2.79. The van der Waals surface area contributed by atoms with Crippen LogP contribution in [0.15, 0.2) is 24.7 Å². The number of anilines is 1. The van der Waals surface area contributed by atoms with Crippen LogP contribution in [0.3, 0.4) is 0 Å². The Morgan fingerprint density at radius 2 is 1.70 bits per heavy atom. The highest BCUT2D eigenvalue weighted by atomic mass is 32.2. The summed E-state index contributed by atoms with van der Waals surface area (Å²) < 4.78 is 31.5. The number of rotatable bonds is 5. The summed E-state index contributed by atoms with van der Waals surface area (Å²) in [7, 11) is -3.10. The van der Waals surface area contributed by atoms with E-state index >= 15 is 0 Å². The fourth-order valence-corrected chi connectivity index (χ4v) is 6.20. The Hall–Kier alpha value is -2.26. The van der Waals surface area contributed by atoms with Gasteiger partial charge in [0.05, 0.1) is 12.5 Å². The summed E-state index contributed by atoms with van der Waals surface area (Å²) >= 11 is 0. The van der Waals surface area contributed by atoms with Crippen molar-refractivity contribution in [2.45, 2.75) is 57.5 Å². The van der Waals surface area contributed by atoms with Crippen LogP contribution in [0.25, 0.3) is 0 Å². The number of nitrogens with zero attached hydrogens (tertiary/aromatic N) is 5. The minimum absolute atomic E-state index is 0.203. The average molecular weight is 472 g/mol. The number of pyridine rings is 1. The van der Waals surface area contributed by atoms with Crippen LogP contribution in [-0.4, -0.2) is 66.2 Å². The fourth-order valence-electron chi connectivity index (χ4n) is 5.32. The molecule has 0 saturated carbocycles. The molecule has 3 aliphatic heterocycles. The second kappa shape index (κ2) is 9.18. The van der Waals surface area contributed by atoms with E-state index in [2.05, 4.69) is 32.8 Å². The van der Waals surface area contributed by atoms with E-state index in [0.29, 0.717) is 24.9 Å². The van der Waals surface area contributed by atoms with Crippen LogP contribution >= 0.6 is 0 Å². The largest absolute Gasteiger partial charge is 0.488 e. The van der Waals surface area contributed by atoms with Crippen molar-refractivity contribution in [3.8, 4) is 5.75 Å². The first kappa shape index (κ1) is 22.5. The van der Waals surface area contributed by atoms with E-state index in [-0.39, 0.29) is 6.10 Å². The molecular weight excluding hydrogens is 438 g/mol. The normalized spacial score (nSPS) is 22.8. The molecule has 0 aliphatic carbocycles. The predicted molar refractivity (Wildman–Crippen MR) is 127 cm³/mol. The number of aromatic nitrogens is 3. The lowest BCUT2D eigenvalue weighted by atomic mass is 9.88. The smallest absolute Gasteiger partial charge is 0.225 e. The summed E-state index contributed by atoms with van der Waals surface area (Å²) in [4.78, 5) is 16.0. The van der Waals surface area contributed by atoms with Crippen LogP contribution in [-0.2, 0) is 22.9 Å². The van der Waals surface area contributed by atoms with Crippen LogP contribution in [0.2, 0.25) is 0 Å². The average Bonchev–Trinajstić information content (AvgIpc) is 3.27. The van der Waals surface area contributed by atoms with Gasteiger partial charge in [0.25, 0.3) is 0 Å². The standard InChI is InChI=1S/C24H33N5O3S/c1-3-17-14-26-24(27-15-17)28-8-4-19(5-9-28)22-13-20-12-21(25-16-23(20)32-22)18-6-10-29(11-7-18)33(2,30)31/h12,14-16,18-19,22H,3-11,13H2,1-2H3. The minimum atomic E-state index is -3.10. The molecule has 0 aromatic carbocycles. The van der Waals surface area contributed by atoms with Gasteiger partial charge >= 0.3 is 0 Å². The first-order chi connectivity index (χ1) is 15.9. The Morgan fingerprint density at radius 1 is 1.00 bits per heavy atom. The second-order valence-corrected chi connectivity index (χ2v) is 11.6. The minimum Gasteiger partial charge on any atom is -0.488 e. The van der Waals surface area contributed by atoms with Crippen molar-refractivity contribution >= 4 is 16.0 Å². The fraction of sp³-hybridized carbons (Fsp3) is 0.625. The molecule has 9 heteroatoms. The van der Waals surface area contributed by atoms with Gasteiger partial charge in [-0.3, -0.25) is 4.98 Å². The van der Waals surface area contributed by atoms with Crippen LogP contribution in [0, 0.1) is 5.92 Å². The lowest BCUT2D eigenvalue weighted by molar-refractivity contribution is 0.138. The maximum atomic E-state index is 11.8. The monoisotopic (exact) mass is 471 g/mol. The maximum absolute atomic E-state index is 11.8. The van der Waals surface area contributed by atoms with Crippen LogP contribution in [0.1, 0.15) is 55.3 Å². The van der Waals surface area contributed by atoms with Gasteiger partial charge in [-0.05, 0) is 49.7 Å². The zero-order valence-electron chi connectivity index (χ0n) is 19.5. The number of ether oxygens (including phenoxy) is 1. The van der Waals surface area contributed by atoms with Crippen molar-refractivity contribution in [3.05, 3.63) is 41.5 Å². The molecule has 0 spiro atoms. The SMILES string of the molecule is CCc1cnc(N2CCC(C3Cc4cc(C5CCN(S(C)(=O)=O)CC5)ncc4O3)CC2)nc1. The van der Waals surface area contributed by atoms with Gasteiger partial charge in [0.15, 0.2) is 0 Å². The molecule has 178 valence electrons. The number of sulfonamides is 1. The third kappa shape index (κ3) is 4.84. The molecular formula is C24H33N5O3S. The van der Waals surface area contributed by atoms with Gasteiger partial charge in [-0.25, -0.2) is 22.7 Å². The molecule has 3 aliphatic rings. The molecule has 0 N–H and O–H groups in total. The Labute approximate surface area is 196 Å². The third-order valence-corrected chi connectivity index (χ3v) is 8.76. The third-order valence-electron chi connectivity index (χ3n) is 7.46. The number of fused-ring (bicyclic) bond motifs is 1. The molecule has 0 amide bonds. The molecule has 2 saturated heterocycles. The Morgan fingerprint density at radius 3 is 2.33 bits per heavy atom. The highest BCUT2D eigenvalue weighted by Gasteiger charge is 2.34. The van der Waals surface area contributed by atoms with Crippen LogP contribution in [0.5, 0.6) is 5.75 Å². The molecule has 2 fully saturated rings. The van der Waals surface area contributed by atoms with Crippen LogP contribution in [0.4, 0.5) is 5.95 Å². The zero-order chi connectivity index (χ0) is 23.0. The van der Waals surface area contributed by atoms with E-state index in [1.165, 1.54) is 17.4 Å². The van der Waals surface area contributed by atoms with E-state index in [1.54, 1.807) is 4.31 Å². The molecule has 1 unspecified atom stereocenters. The Bertz CT molecular complexity index is 1080. The van der Waals surface area contributed by atoms with Crippen molar-refractivity contribution in [2.24, 2.45) is 5.92 Å². The molecule has 5 heterocycles. The van der Waals surface area contributed by atoms with E-state index in [1.807, 2.05) is 18.6 Å². The van der Waals surface area contributed by atoms with Crippen LogP contribution < -0.4 is 9.64 Å². The van der Waals surface area contributed by atoms with Gasteiger partial charge in [0.2, 0.25) is 16.0 Å². The molecule has 5 rings (SSSR count). The number of aryl methyl sites for hydroxylation is 1.